The van der Waals surface area contributed by atoms with Gasteiger partial charge in [-0.15, -0.1) is 0 Å². The summed E-state index contributed by atoms with van der Waals surface area (Å²) < 4.78 is 0. The van der Waals surface area contributed by atoms with Gasteiger partial charge in [-0.05, 0) is 26.2 Å². The Morgan fingerprint density at radius 2 is 1.67 bits per heavy atom. The van der Waals surface area contributed by atoms with E-state index in [1.165, 1.54) is 19.4 Å². The third kappa shape index (κ3) is 11.3. The number of aliphatic imine (C=N–C) groups is 1. The third-order valence-corrected chi connectivity index (χ3v) is 4.96. The second kappa shape index (κ2) is 14.9. The number of aliphatic carboxylic acids is 1. The molecule has 36 heavy (non-hydrogen) atoms. The average Bonchev–Trinajstić information content (AvgIpc) is 3.31. The molecule has 1 aromatic heterocycles. The largest absolute Gasteiger partial charge is 0.480 e. The van der Waals surface area contributed by atoms with Crippen molar-refractivity contribution in [3.05, 3.63) is 18.2 Å². The van der Waals surface area contributed by atoms with Gasteiger partial charge in [0.15, 0.2) is 5.96 Å². The van der Waals surface area contributed by atoms with Gasteiger partial charge in [-0.2, -0.15) is 0 Å². The molecular weight excluding hydrogens is 476 g/mol. The first-order chi connectivity index (χ1) is 16.9. The molecule has 4 amide bonds. The van der Waals surface area contributed by atoms with Gasteiger partial charge in [0.05, 0.1) is 12.4 Å². The zero-order valence-corrected chi connectivity index (χ0v) is 19.9. The highest BCUT2D eigenvalue weighted by Gasteiger charge is 2.29. The first-order valence-corrected chi connectivity index (χ1v) is 11.1. The molecule has 4 unspecified atom stereocenters. The molecule has 1 rings (SSSR count). The van der Waals surface area contributed by atoms with Crippen LogP contribution >= 0.6 is 0 Å². The van der Waals surface area contributed by atoms with Crippen LogP contribution in [0.4, 0.5) is 0 Å². The highest BCUT2D eigenvalue weighted by atomic mass is 16.4. The maximum Gasteiger partial charge on any atom is 0.325 e. The van der Waals surface area contributed by atoms with Gasteiger partial charge >= 0.3 is 5.97 Å². The van der Waals surface area contributed by atoms with Crippen molar-refractivity contribution in [2.75, 3.05) is 6.54 Å². The molecule has 4 atom stereocenters. The number of nitrogens with one attached hydrogen (secondary N) is 4. The fourth-order valence-electron chi connectivity index (χ4n) is 2.95. The molecule has 0 radical (unpaired) electrons. The van der Waals surface area contributed by atoms with Crippen molar-refractivity contribution in [2.45, 2.75) is 63.2 Å². The number of primary amides is 1. The Morgan fingerprint density at radius 1 is 1.03 bits per heavy atom. The standard InChI is InChI=1S/C20H34N10O6/c1-10(19(35)36)28-18(34)14(7-11-8-25-9-27-11)30-17(33)13(3-2-6-26-20(23)24)29-16(32)12(21)4-5-15(22)31/h8-10,12-14H,2-7,21H2,1H3,(H2,22,31)(H,25,27)(H,28,34)(H,29,32)(H,30,33)(H,35,36)(H4,23,24,26). The molecule has 0 spiro atoms. The summed E-state index contributed by atoms with van der Waals surface area (Å²) in [5.41, 5.74) is 22.0. The van der Waals surface area contributed by atoms with E-state index in [1.807, 2.05) is 0 Å². The summed E-state index contributed by atoms with van der Waals surface area (Å²) in [5.74, 6) is -4.21. The number of aromatic amines is 1. The van der Waals surface area contributed by atoms with Crippen LogP contribution in [0.2, 0.25) is 0 Å². The van der Waals surface area contributed by atoms with Gasteiger partial charge in [0.25, 0.3) is 0 Å². The predicted molar refractivity (Wildman–Crippen MR) is 128 cm³/mol. The molecule has 200 valence electrons. The van der Waals surface area contributed by atoms with Gasteiger partial charge < -0.3 is 49.0 Å². The second-order valence-corrected chi connectivity index (χ2v) is 8.03. The Kier molecular flexibility index (Phi) is 12.4. The number of carboxylic acid groups (broad SMARTS) is 1. The van der Waals surface area contributed by atoms with E-state index in [9.17, 15) is 24.0 Å². The number of H-pyrrole nitrogens is 1. The SMILES string of the molecule is CC(NC(=O)C(Cc1cnc[nH]1)NC(=O)C(CCCN=C(N)N)NC(=O)C(N)CCC(N)=O)C(=O)O. The quantitative estimate of drug-likeness (QED) is 0.0592. The molecule has 1 aromatic rings. The summed E-state index contributed by atoms with van der Waals surface area (Å²) in [6.07, 6.45) is 3.02. The summed E-state index contributed by atoms with van der Waals surface area (Å²) in [6, 6.07) is -4.65. The third-order valence-electron chi connectivity index (χ3n) is 4.96. The molecule has 13 N–H and O–H groups in total. The Bertz CT molecular complexity index is 931. The first-order valence-electron chi connectivity index (χ1n) is 11.1. The number of carbonyl (C=O) groups excluding carboxylic acids is 4. The summed E-state index contributed by atoms with van der Waals surface area (Å²) in [4.78, 5) is 71.0. The lowest BCUT2D eigenvalue weighted by atomic mass is 10.1. The van der Waals surface area contributed by atoms with E-state index in [0.29, 0.717) is 12.1 Å². The molecule has 0 aliphatic heterocycles. The van der Waals surface area contributed by atoms with Crippen LogP contribution in [0.25, 0.3) is 0 Å². The molecule has 0 fully saturated rings. The number of nitrogens with two attached hydrogens (primary N) is 4. The van der Waals surface area contributed by atoms with Crippen molar-refractivity contribution in [3.8, 4) is 0 Å². The summed E-state index contributed by atoms with van der Waals surface area (Å²) in [6.45, 7) is 1.44. The number of imidazole rings is 1. The van der Waals surface area contributed by atoms with E-state index in [4.69, 9.17) is 28.0 Å². The predicted octanol–water partition coefficient (Wildman–Crippen LogP) is -3.84. The van der Waals surface area contributed by atoms with Gasteiger partial charge in [-0.3, -0.25) is 29.0 Å². The molecular formula is C20H34N10O6. The van der Waals surface area contributed by atoms with Crippen molar-refractivity contribution in [3.63, 3.8) is 0 Å². The van der Waals surface area contributed by atoms with E-state index < -0.39 is 53.8 Å². The van der Waals surface area contributed by atoms with E-state index in [-0.39, 0.29) is 38.2 Å². The number of rotatable bonds is 16. The van der Waals surface area contributed by atoms with E-state index in [2.05, 4.69) is 30.9 Å². The van der Waals surface area contributed by atoms with Gasteiger partial charge in [-0.1, -0.05) is 0 Å². The Morgan fingerprint density at radius 3 is 2.22 bits per heavy atom. The molecule has 16 nitrogen and oxygen atoms in total. The molecule has 0 aromatic carbocycles. The Balaban J connectivity index is 3.01. The Hall–Kier alpha value is -4.21. The van der Waals surface area contributed by atoms with Crippen molar-refractivity contribution in [1.29, 1.82) is 0 Å². The average molecular weight is 511 g/mol. The smallest absolute Gasteiger partial charge is 0.325 e. The van der Waals surface area contributed by atoms with Gasteiger partial charge in [-0.25, -0.2) is 4.98 Å². The minimum atomic E-state index is -1.26. The van der Waals surface area contributed by atoms with E-state index in [1.54, 1.807) is 0 Å². The number of carbonyl (C=O) groups is 5. The number of carboxylic acids is 1. The second-order valence-electron chi connectivity index (χ2n) is 8.03. The van der Waals surface area contributed by atoms with Crippen LogP contribution < -0.4 is 38.9 Å². The van der Waals surface area contributed by atoms with E-state index in [0.717, 1.165) is 0 Å². The fourth-order valence-corrected chi connectivity index (χ4v) is 2.95. The normalized spacial score (nSPS) is 13.9. The van der Waals surface area contributed by atoms with Gasteiger partial charge in [0.1, 0.15) is 18.1 Å². The van der Waals surface area contributed by atoms with E-state index >= 15 is 0 Å². The zero-order chi connectivity index (χ0) is 27.3. The van der Waals surface area contributed by atoms with Crippen LogP contribution in [-0.4, -0.2) is 81.3 Å². The van der Waals surface area contributed by atoms with Crippen molar-refractivity contribution in [1.82, 2.24) is 25.9 Å². The number of hydrogen-bond donors (Lipinski definition) is 9. The first kappa shape index (κ1) is 29.8. The van der Waals surface area contributed by atoms with Crippen LogP contribution in [0.15, 0.2) is 17.5 Å². The van der Waals surface area contributed by atoms with Crippen LogP contribution in [0, 0.1) is 0 Å². The fraction of sp³-hybridized carbons (Fsp3) is 0.550. The summed E-state index contributed by atoms with van der Waals surface area (Å²) in [7, 11) is 0. The van der Waals surface area contributed by atoms with Crippen LogP contribution in [0.1, 0.15) is 38.3 Å². The molecule has 0 aliphatic carbocycles. The molecule has 0 aliphatic rings. The molecule has 0 saturated heterocycles. The lowest BCUT2D eigenvalue weighted by Gasteiger charge is -2.24. The highest BCUT2D eigenvalue weighted by molar-refractivity contribution is 5.94. The number of aromatic nitrogens is 2. The lowest BCUT2D eigenvalue weighted by molar-refractivity contribution is -0.141. The number of amides is 4. The van der Waals surface area contributed by atoms with Crippen LogP contribution in [0.5, 0.6) is 0 Å². The molecule has 1 heterocycles. The summed E-state index contributed by atoms with van der Waals surface area (Å²) >= 11 is 0. The maximum atomic E-state index is 13.1. The van der Waals surface area contributed by atoms with Crippen molar-refractivity contribution < 1.29 is 29.1 Å². The van der Waals surface area contributed by atoms with Crippen molar-refractivity contribution >= 4 is 35.6 Å². The van der Waals surface area contributed by atoms with Gasteiger partial charge in [0.2, 0.25) is 23.6 Å². The summed E-state index contributed by atoms with van der Waals surface area (Å²) in [5, 5.41) is 16.4. The number of hydrogen-bond acceptors (Lipinski definition) is 8. The van der Waals surface area contributed by atoms with Crippen LogP contribution in [-0.2, 0) is 30.4 Å². The lowest BCUT2D eigenvalue weighted by Crippen LogP contribution is -2.57. The monoisotopic (exact) mass is 510 g/mol. The number of nitrogens with zero attached hydrogens (tertiary/aromatic N) is 2. The molecule has 0 bridgehead atoms. The minimum absolute atomic E-state index is 0.0264. The molecule has 16 heteroatoms. The minimum Gasteiger partial charge on any atom is -0.480 e. The van der Waals surface area contributed by atoms with Crippen molar-refractivity contribution in [2.24, 2.45) is 27.9 Å². The van der Waals surface area contributed by atoms with Gasteiger partial charge in [0, 0.05) is 31.3 Å². The molecule has 0 saturated carbocycles. The maximum absolute atomic E-state index is 13.1. The van der Waals surface area contributed by atoms with Crippen LogP contribution in [0.3, 0.4) is 0 Å². The zero-order valence-electron chi connectivity index (χ0n) is 19.9. The highest BCUT2D eigenvalue weighted by Crippen LogP contribution is 2.05. The topological polar surface area (TPSA) is 287 Å². The Labute approximate surface area is 207 Å². The number of guanidine groups is 1.